The van der Waals surface area contributed by atoms with E-state index in [0.717, 1.165) is 12.8 Å². The van der Waals surface area contributed by atoms with Gasteiger partial charge < -0.3 is 0 Å². The molecule has 3 nitrogen and oxygen atoms in total. The molecule has 17 heavy (non-hydrogen) atoms. The number of aryl methyl sites for hydroxylation is 1. The summed E-state index contributed by atoms with van der Waals surface area (Å²) in [7, 11) is -3.30. The van der Waals surface area contributed by atoms with Crippen LogP contribution in [0.25, 0.3) is 0 Å². The third-order valence-electron chi connectivity index (χ3n) is 2.81. The van der Waals surface area contributed by atoms with Gasteiger partial charge in [0.05, 0.1) is 4.90 Å². The Balaban J connectivity index is 2.99. The molecule has 0 saturated heterocycles. The fourth-order valence-corrected chi connectivity index (χ4v) is 3.29. The Hall–Kier alpha value is -0.870. The lowest BCUT2D eigenvalue weighted by Gasteiger charge is -2.18. The van der Waals surface area contributed by atoms with E-state index in [4.69, 9.17) is 0 Å². The lowest BCUT2D eigenvalue weighted by molar-refractivity contribution is 0.445. The summed E-state index contributed by atoms with van der Waals surface area (Å²) in [5.74, 6) is 0. The first-order chi connectivity index (χ1) is 8.06. The van der Waals surface area contributed by atoms with E-state index in [-0.39, 0.29) is 0 Å². The number of hydrogen-bond acceptors (Lipinski definition) is 2. The summed E-state index contributed by atoms with van der Waals surface area (Å²) in [4.78, 5) is 0.390. The minimum Gasteiger partial charge on any atom is -0.207 e. The van der Waals surface area contributed by atoms with Crippen LogP contribution >= 0.6 is 0 Å². The molecule has 0 aromatic heterocycles. The number of sulfonamides is 1. The fourth-order valence-electron chi connectivity index (χ4n) is 1.83. The Labute approximate surface area is 105 Å². The van der Waals surface area contributed by atoms with Crippen LogP contribution in [-0.2, 0) is 16.4 Å². The SMILES string of the molecule is CCCc1ccc(S(=O)(=O)N(CC)CC)cc1. The molecule has 0 amide bonds. The highest BCUT2D eigenvalue weighted by Gasteiger charge is 2.20. The molecule has 0 saturated carbocycles. The second kappa shape index (κ2) is 6.17. The molecule has 0 heterocycles. The largest absolute Gasteiger partial charge is 0.243 e. The van der Waals surface area contributed by atoms with Gasteiger partial charge in [0.15, 0.2) is 0 Å². The van der Waals surface area contributed by atoms with Gasteiger partial charge in [-0.3, -0.25) is 0 Å². The summed E-state index contributed by atoms with van der Waals surface area (Å²) in [6.07, 6.45) is 2.06. The van der Waals surface area contributed by atoms with Gasteiger partial charge in [0.2, 0.25) is 10.0 Å². The molecule has 0 N–H and O–H groups in total. The molecule has 1 aromatic carbocycles. The molecule has 0 atom stereocenters. The van der Waals surface area contributed by atoms with Gasteiger partial charge >= 0.3 is 0 Å². The van der Waals surface area contributed by atoms with Crippen molar-refractivity contribution < 1.29 is 8.42 Å². The summed E-state index contributed by atoms with van der Waals surface area (Å²) in [5, 5.41) is 0. The van der Waals surface area contributed by atoms with Crippen LogP contribution in [0.5, 0.6) is 0 Å². The van der Waals surface area contributed by atoms with Crippen molar-refractivity contribution in [2.45, 2.75) is 38.5 Å². The molecule has 0 bridgehead atoms. The van der Waals surface area contributed by atoms with Crippen LogP contribution in [0.4, 0.5) is 0 Å². The second-order valence-corrected chi connectivity index (χ2v) is 5.92. The quantitative estimate of drug-likeness (QED) is 0.783. The summed E-state index contributed by atoms with van der Waals surface area (Å²) in [6.45, 7) is 6.84. The van der Waals surface area contributed by atoms with E-state index < -0.39 is 10.0 Å². The van der Waals surface area contributed by atoms with Crippen molar-refractivity contribution in [3.05, 3.63) is 29.8 Å². The highest BCUT2D eigenvalue weighted by molar-refractivity contribution is 7.89. The molecule has 0 unspecified atom stereocenters. The van der Waals surface area contributed by atoms with Crippen LogP contribution in [0, 0.1) is 0 Å². The Morgan fingerprint density at radius 3 is 1.94 bits per heavy atom. The number of hydrogen-bond donors (Lipinski definition) is 0. The van der Waals surface area contributed by atoms with Crippen molar-refractivity contribution in [3.8, 4) is 0 Å². The predicted molar refractivity (Wildman–Crippen MR) is 70.5 cm³/mol. The molecule has 0 spiro atoms. The third kappa shape index (κ3) is 3.30. The van der Waals surface area contributed by atoms with E-state index in [2.05, 4.69) is 6.92 Å². The lowest BCUT2D eigenvalue weighted by atomic mass is 10.1. The summed E-state index contributed by atoms with van der Waals surface area (Å²) < 4.78 is 25.9. The highest BCUT2D eigenvalue weighted by atomic mass is 32.2. The zero-order chi connectivity index (χ0) is 12.9. The van der Waals surface area contributed by atoms with Crippen molar-refractivity contribution in [2.75, 3.05) is 13.1 Å². The molecule has 0 radical (unpaired) electrons. The zero-order valence-corrected chi connectivity index (χ0v) is 11.6. The van der Waals surface area contributed by atoms with Crippen LogP contribution < -0.4 is 0 Å². The minimum absolute atomic E-state index is 0.390. The maximum atomic E-state index is 12.2. The molecule has 1 rings (SSSR count). The summed E-state index contributed by atoms with van der Waals surface area (Å²) >= 11 is 0. The van der Waals surface area contributed by atoms with Crippen LogP contribution in [-0.4, -0.2) is 25.8 Å². The van der Waals surface area contributed by atoms with Gasteiger partial charge in [-0.2, -0.15) is 4.31 Å². The Morgan fingerprint density at radius 1 is 1.00 bits per heavy atom. The average Bonchev–Trinajstić information content (AvgIpc) is 2.31. The van der Waals surface area contributed by atoms with Crippen molar-refractivity contribution in [2.24, 2.45) is 0 Å². The zero-order valence-electron chi connectivity index (χ0n) is 10.8. The molecule has 0 aliphatic carbocycles. The smallest absolute Gasteiger partial charge is 0.207 e. The minimum atomic E-state index is -3.30. The molecule has 1 aromatic rings. The van der Waals surface area contributed by atoms with Crippen molar-refractivity contribution >= 4 is 10.0 Å². The molecule has 4 heteroatoms. The van der Waals surface area contributed by atoms with Crippen LogP contribution in [0.3, 0.4) is 0 Å². The molecular weight excluding hydrogens is 234 g/mol. The van der Waals surface area contributed by atoms with Gasteiger partial charge in [0, 0.05) is 13.1 Å². The van der Waals surface area contributed by atoms with Crippen molar-refractivity contribution in [3.63, 3.8) is 0 Å². The normalized spacial score (nSPS) is 12.0. The second-order valence-electron chi connectivity index (χ2n) is 3.98. The van der Waals surface area contributed by atoms with Crippen molar-refractivity contribution in [1.82, 2.24) is 4.31 Å². The van der Waals surface area contributed by atoms with Gasteiger partial charge in [-0.15, -0.1) is 0 Å². The third-order valence-corrected chi connectivity index (χ3v) is 4.87. The van der Waals surface area contributed by atoms with E-state index in [1.807, 2.05) is 26.0 Å². The fraction of sp³-hybridized carbons (Fsp3) is 0.538. The maximum absolute atomic E-state index is 12.2. The van der Waals surface area contributed by atoms with E-state index in [1.165, 1.54) is 9.87 Å². The summed E-state index contributed by atoms with van der Waals surface area (Å²) in [6, 6.07) is 7.22. The van der Waals surface area contributed by atoms with E-state index in [1.54, 1.807) is 12.1 Å². The first-order valence-corrected chi connectivity index (χ1v) is 7.59. The van der Waals surface area contributed by atoms with Gasteiger partial charge in [0.25, 0.3) is 0 Å². The van der Waals surface area contributed by atoms with Crippen LogP contribution in [0.1, 0.15) is 32.8 Å². The molecule has 96 valence electrons. The Morgan fingerprint density at radius 2 is 1.53 bits per heavy atom. The van der Waals surface area contributed by atoms with Crippen molar-refractivity contribution in [1.29, 1.82) is 0 Å². The topological polar surface area (TPSA) is 37.4 Å². The van der Waals surface area contributed by atoms with E-state index in [0.29, 0.717) is 18.0 Å². The monoisotopic (exact) mass is 255 g/mol. The Kier molecular flexibility index (Phi) is 5.15. The standard InChI is InChI=1S/C13H21NO2S/c1-4-7-12-8-10-13(11-9-12)17(15,16)14(5-2)6-3/h8-11H,4-7H2,1-3H3. The molecular formula is C13H21NO2S. The van der Waals surface area contributed by atoms with Gasteiger partial charge in [-0.05, 0) is 24.1 Å². The van der Waals surface area contributed by atoms with E-state index >= 15 is 0 Å². The molecule has 0 aliphatic rings. The highest BCUT2D eigenvalue weighted by Crippen LogP contribution is 2.16. The average molecular weight is 255 g/mol. The van der Waals surface area contributed by atoms with Gasteiger partial charge in [0.1, 0.15) is 0 Å². The summed E-state index contributed by atoms with van der Waals surface area (Å²) in [5.41, 5.74) is 1.19. The molecule has 0 fully saturated rings. The first-order valence-electron chi connectivity index (χ1n) is 6.15. The Bertz CT molecular complexity index is 433. The maximum Gasteiger partial charge on any atom is 0.243 e. The van der Waals surface area contributed by atoms with Crippen LogP contribution in [0.15, 0.2) is 29.2 Å². The number of rotatable bonds is 6. The number of nitrogens with zero attached hydrogens (tertiary/aromatic N) is 1. The van der Waals surface area contributed by atoms with E-state index in [9.17, 15) is 8.42 Å². The molecule has 0 aliphatic heterocycles. The number of benzene rings is 1. The predicted octanol–water partition coefficient (Wildman–Crippen LogP) is 2.67. The van der Waals surface area contributed by atoms with Crippen LogP contribution in [0.2, 0.25) is 0 Å². The lowest BCUT2D eigenvalue weighted by Crippen LogP contribution is -2.30. The van der Waals surface area contributed by atoms with Gasteiger partial charge in [-0.1, -0.05) is 39.3 Å². The first kappa shape index (κ1) is 14.2. The van der Waals surface area contributed by atoms with Gasteiger partial charge in [-0.25, -0.2) is 8.42 Å².